The van der Waals surface area contributed by atoms with Gasteiger partial charge >= 0.3 is 0 Å². The molecular formula is C28H31ClN4O2. The molecule has 1 atom stereocenters. The largest absolute Gasteiger partial charge is 0.379 e. The lowest BCUT2D eigenvalue weighted by Crippen LogP contribution is -2.43. The van der Waals surface area contributed by atoms with Crippen molar-refractivity contribution in [2.24, 2.45) is 0 Å². The Bertz CT molecular complexity index is 1240. The minimum atomic E-state index is 0.0434. The predicted octanol–water partition coefficient (Wildman–Crippen LogP) is 5.23. The average Bonchev–Trinajstić information content (AvgIpc) is 3.27. The summed E-state index contributed by atoms with van der Waals surface area (Å²) in [6, 6.07) is 10.1. The number of nitrogens with zero attached hydrogens (tertiary/aromatic N) is 4. The molecule has 35 heavy (non-hydrogen) atoms. The SMILES string of the molecule is Cc1cc(CC(=O)c2cnn(-c3ccc(Cl)cc3)c2C)cnc1C1=CCC(N2CCOCC2)CC1. The molecule has 0 spiro atoms. The quantitative estimate of drug-likeness (QED) is 0.443. The van der Waals surface area contributed by atoms with Crippen molar-refractivity contribution in [3.63, 3.8) is 0 Å². The van der Waals surface area contributed by atoms with Crippen molar-refractivity contribution in [1.82, 2.24) is 19.7 Å². The van der Waals surface area contributed by atoms with Crippen LogP contribution in [-0.4, -0.2) is 57.8 Å². The van der Waals surface area contributed by atoms with Crippen molar-refractivity contribution in [3.05, 3.63) is 81.9 Å². The summed E-state index contributed by atoms with van der Waals surface area (Å²) in [6.07, 6.45) is 9.43. The fourth-order valence-corrected chi connectivity index (χ4v) is 5.31. The van der Waals surface area contributed by atoms with Gasteiger partial charge in [-0.25, -0.2) is 4.68 Å². The third-order valence-electron chi connectivity index (χ3n) is 7.13. The van der Waals surface area contributed by atoms with E-state index in [0.29, 0.717) is 23.0 Å². The van der Waals surface area contributed by atoms with Crippen LogP contribution in [0, 0.1) is 13.8 Å². The standard InChI is InChI=1S/C28H31ClN4O2/c1-19-15-21(16-27(34)26-18-31-33(20(26)2)25-9-5-23(29)6-10-25)17-30-28(19)22-3-7-24(8-4-22)32-11-13-35-14-12-32/h3,5-6,9-10,15,17-18,24H,4,7-8,11-14,16H2,1-2H3. The molecular weight excluding hydrogens is 460 g/mol. The molecule has 1 saturated heterocycles. The van der Waals surface area contributed by atoms with Crippen molar-refractivity contribution < 1.29 is 9.53 Å². The normalized spacial score (nSPS) is 18.9. The number of hydrogen-bond donors (Lipinski definition) is 0. The highest BCUT2D eigenvalue weighted by atomic mass is 35.5. The van der Waals surface area contributed by atoms with Gasteiger partial charge in [-0.15, -0.1) is 0 Å². The lowest BCUT2D eigenvalue weighted by Gasteiger charge is -2.36. The van der Waals surface area contributed by atoms with Crippen LogP contribution < -0.4 is 0 Å². The van der Waals surface area contributed by atoms with Crippen LogP contribution in [0.5, 0.6) is 0 Å². The molecule has 1 fully saturated rings. The molecule has 6 nitrogen and oxygen atoms in total. The number of aromatic nitrogens is 3. The van der Waals surface area contributed by atoms with Gasteiger partial charge in [0.25, 0.3) is 0 Å². The van der Waals surface area contributed by atoms with Gasteiger partial charge in [-0.1, -0.05) is 23.7 Å². The van der Waals surface area contributed by atoms with Gasteiger partial charge in [-0.05, 0) is 74.1 Å². The zero-order valence-electron chi connectivity index (χ0n) is 20.3. The van der Waals surface area contributed by atoms with Gasteiger partial charge in [0.2, 0.25) is 0 Å². The van der Waals surface area contributed by atoms with Crippen LogP contribution in [-0.2, 0) is 11.2 Å². The molecule has 1 unspecified atom stereocenters. The van der Waals surface area contributed by atoms with Crippen LogP contribution in [0.3, 0.4) is 0 Å². The van der Waals surface area contributed by atoms with E-state index in [1.54, 1.807) is 10.9 Å². The van der Waals surface area contributed by atoms with Crippen molar-refractivity contribution in [1.29, 1.82) is 0 Å². The molecule has 5 rings (SSSR count). The van der Waals surface area contributed by atoms with E-state index in [-0.39, 0.29) is 5.78 Å². The number of carbonyl (C=O) groups is 1. The van der Waals surface area contributed by atoms with E-state index in [9.17, 15) is 4.79 Å². The van der Waals surface area contributed by atoms with Gasteiger partial charge in [0, 0.05) is 36.8 Å². The Morgan fingerprint density at radius 3 is 2.60 bits per heavy atom. The Morgan fingerprint density at radius 1 is 1.14 bits per heavy atom. The van der Waals surface area contributed by atoms with Crippen molar-refractivity contribution in [2.45, 2.75) is 45.6 Å². The molecule has 0 amide bonds. The summed E-state index contributed by atoms with van der Waals surface area (Å²) in [5.41, 5.74) is 6.77. The first-order valence-corrected chi connectivity index (χ1v) is 12.7. The topological polar surface area (TPSA) is 60.2 Å². The first-order chi connectivity index (χ1) is 17.0. The van der Waals surface area contributed by atoms with E-state index in [2.05, 4.69) is 29.1 Å². The number of rotatable bonds is 6. The maximum absolute atomic E-state index is 13.1. The lowest BCUT2D eigenvalue weighted by molar-refractivity contribution is 0.0150. The van der Waals surface area contributed by atoms with Gasteiger partial charge in [0.15, 0.2) is 5.78 Å². The molecule has 1 aliphatic heterocycles. The first-order valence-electron chi connectivity index (χ1n) is 12.3. The lowest BCUT2D eigenvalue weighted by atomic mass is 9.90. The predicted molar refractivity (Wildman–Crippen MR) is 138 cm³/mol. The van der Waals surface area contributed by atoms with Gasteiger partial charge in [0.05, 0.1) is 42.0 Å². The number of carbonyl (C=O) groups excluding carboxylic acids is 1. The van der Waals surface area contributed by atoms with Crippen LogP contribution in [0.15, 0.2) is 48.8 Å². The maximum atomic E-state index is 13.1. The van der Waals surface area contributed by atoms with Gasteiger partial charge in [0.1, 0.15) is 0 Å². The first kappa shape index (κ1) is 23.9. The summed E-state index contributed by atoms with van der Waals surface area (Å²) >= 11 is 6.00. The molecule has 3 aromatic rings. The van der Waals surface area contributed by atoms with Gasteiger partial charge in [-0.2, -0.15) is 5.10 Å². The van der Waals surface area contributed by atoms with Crippen LogP contribution in [0.25, 0.3) is 11.3 Å². The monoisotopic (exact) mass is 490 g/mol. The number of morpholine rings is 1. The number of Topliss-reactive ketones (excluding diaryl/α,β-unsaturated/α-hetero) is 1. The van der Waals surface area contributed by atoms with Gasteiger partial charge in [-0.3, -0.25) is 14.7 Å². The Kier molecular flexibility index (Phi) is 7.14. The third-order valence-corrected chi connectivity index (χ3v) is 7.38. The van der Waals surface area contributed by atoms with E-state index in [1.807, 2.05) is 37.4 Å². The average molecular weight is 491 g/mol. The zero-order valence-corrected chi connectivity index (χ0v) is 21.1. The fourth-order valence-electron chi connectivity index (χ4n) is 5.18. The molecule has 1 aromatic carbocycles. The summed E-state index contributed by atoms with van der Waals surface area (Å²) in [7, 11) is 0. The van der Waals surface area contributed by atoms with Gasteiger partial charge < -0.3 is 4.74 Å². The number of halogens is 1. The summed E-state index contributed by atoms with van der Waals surface area (Å²) in [5, 5.41) is 5.10. The van der Waals surface area contributed by atoms with E-state index in [1.165, 1.54) is 5.57 Å². The third kappa shape index (κ3) is 5.25. The van der Waals surface area contributed by atoms with Crippen LogP contribution in [0.2, 0.25) is 5.02 Å². The van der Waals surface area contributed by atoms with Crippen molar-refractivity contribution in [2.75, 3.05) is 26.3 Å². The number of aryl methyl sites for hydroxylation is 1. The van der Waals surface area contributed by atoms with E-state index in [0.717, 1.165) is 73.8 Å². The van der Waals surface area contributed by atoms with Crippen molar-refractivity contribution >= 4 is 23.0 Å². The highest BCUT2D eigenvalue weighted by Gasteiger charge is 2.24. The van der Waals surface area contributed by atoms with E-state index in [4.69, 9.17) is 21.3 Å². The second-order valence-corrected chi connectivity index (χ2v) is 9.88. The molecule has 2 aliphatic rings. The maximum Gasteiger partial charge on any atom is 0.170 e. The molecule has 2 aromatic heterocycles. The smallest absolute Gasteiger partial charge is 0.170 e. The highest BCUT2D eigenvalue weighted by Crippen LogP contribution is 2.30. The van der Waals surface area contributed by atoms with Crippen LogP contribution in [0.4, 0.5) is 0 Å². The summed E-state index contributed by atoms with van der Waals surface area (Å²) < 4.78 is 7.27. The van der Waals surface area contributed by atoms with E-state index < -0.39 is 0 Å². The number of pyridine rings is 1. The Morgan fingerprint density at radius 2 is 1.91 bits per heavy atom. The van der Waals surface area contributed by atoms with Crippen LogP contribution >= 0.6 is 11.6 Å². The molecule has 0 bridgehead atoms. The number of allylic oxidation sites excluding steroid dienone is 1. The van der Waals surface area contributed by atoms with Crippen molar-refractivity contribution in [3.8, 4) is 5.69 Å². The molecule has 1 aliphatic carbocycles. The summed E-state index contributed by atoms with van der Waals surface area (Å²) in [4.78, 5) is 20.4. The number of ether oxygens (including phenoxy) is 1. The minimum Gasteiger partial charge on any atom is -0.379 e. The Hall–Kier alpha value is -2.80. The molecule has 182 valence electrons. The van der Waals surface area contributed by atoms with E-state index >= 15 is 0 Å². The minimum absolute atomic E-state index is 0.0434. The molecule has 0 N–H and O–H groups in total. The Balaban J connectivity index is 1.26. The molecule has 0 saturated carbocycles. The molecule has 3 heterocycles. The Labute approximate surface area is 211 Å². The molecule has 7 heteroatoms. The van der Waals surface area contributed by atoms with Crippen LogP contribution in [0.1, 0.15) is 52.1 Å². The second kappa shape index (κ2) is 10.4. The zero-order chi connectivity index (χ0) is 24.4. The number of hydrogen-bond acceptors (Lipinski definition) is 5. The summed E-state index contributed by atoms with van der Waals surface area (Å²) in [6.45, 7) is 7.76. The number of benzene rings is 1. The summed E-state index contributed by atoms with van der Waals surface area (Å²) in [5.74, 6) is 0.0434. The second-order valence-electron chi connectivity index (χ2n) is 9.45. The highest BCUT2D eigenvalue weighted by molar-refractivity contribution is 6.30. The fraction of sp³-hybridized carbons (Fsp3) is 0.393. The number of ketones is 1. The molecule has 0 radical (unpaired) electrons.